The van der Waals surface area contributed by atoms with Gasteiger partial charge < -0.3 is 4.52 Å². The maximum atomic E-state index is 12.5. The van der Waals surface area contributed by atoms with Crippen molar-refractivity contribution < 1.29 is 14.1 Å². The molecule has 28 heavy (non-hydrogen) atoms. The van der Waals surface area contributed by atoms with Crippen LogP contribution in [0.1, 0.15) is 35.9 Å². The number of carbonyl (C=O) groups excluding carboxylic acids is 2. The zero-order valence-corrected chi connectivity index (χ0v) is 15.9. The molecule has 2 amide bonds. The number of imide groups is 1. The molecule has 3 rings (SSSR count). The first-order valence-electron chi connectivity index (χ1n) is 8.38. The van der Waals surface area contributed by atoms with Crippen LogP contribution in [0.2, 0.25) is 5.02 Å². The van der Waals surface area contributed by atoms with Gasteiger partial charge in [-0.25, -0.2) is 0 Å². The second-order valence-electron chi connectivity index (χ2n) is 6.16. The third kappa shape index (κ3) is 3.94. The number of halogens is 1. The van der Waals surface area contributed by atoms with Crippen LogP contribution in [0.4, 0.5) is 0 Å². The molecule has 2 heterocycles. The van der Waals surface area contributed by atoms with Crippen LogP contribution >= 0.6 is 11.6 Å². The molecule has 0 aliphatic heterocycles. The van der Waals surface area contributed by atoms with Crippen LogP contribution < -0.4 is 0 Å². The molecule has 2 aromatic heterocycles. The van der Waals surface area contributed by atoms with Crippen molar-refractivity contribution in [1.82, 2.24) is 19.8 Å². The molecule has 0 aliphatic carbocycles. The summed E-state index contributed by atoms with van der Waals surface area (Å²) in [4.78, 5) is 25.5. The van der Waals surface area contributed by atoms with E-state index in [4.69, 9.17) is 16.9 Å². The zero-order valence-electron chi connectivity index (χ0n) is 15.2. The van der Waals surface area contributed by atoms with Gasteiger partial charge in [0.15, 0.2) is 5.69 Å². The predicted octanol–water partition coefficient (Wildman–Crippen LogP) is 3.31. The Kier molecular flexibility index (Phi) is 5.57. The van der Waals surface area contributed by atoms with Gasteiger partial charge >= 0.3 is 0 Å². The van der Waals surface area contributed by atoms with Crippen molar-refractivity contribution in [3.63, 3.8) is 0 Å². The minimum Gasteiger partial charge on any atom is -0.364 e. The van der Waals surface area contributed by atoms with E-state index in [-0.39, 0.29) is 18.3 Å². The Balaban J connectivity index is 1.78. The maximum Gasteiger partial charge on any atom is 0.282 e. The third-order valence-electron chi connectivity index (χ3n) is 4.17. The van der Waals surface area contributed by atoms with E-state index in [2.05, 4.69) is 14.8 Å². The summed E-state index contributed by atoms with van der Waals surface area (Å²) in [6.07, 6.45) is 3.03. The van der Waals surface area contributed by atoms with E-state index < -0.39 is 11.8 Å². The minimum absolute atomic E-state index is 0.0655. The lowest BCUT2D eigenvalue weighted by molar-refractivity contribution is -0.126. The molecule has 0 saturated carbocycles. The fraction of sp³-hybridized carbons (Fsp3) is 0.211. The summed E-state index contributed by atoms with van der Waals surface area (Å²) >= 11 is 6.08. The SMILES string of the molecule is CC(=O)N(CC(C)n1ccc(-c2ccc(C#N)c(Cl)c2)n1)C(=O)c1ccon1. The van der Waals surface area contributed by atoms with Crippen molar-refractivity contribution in [3.8, 4) is 17.3 Å². The molecule has 0 radical (unpaired) electrons. The van der Waals surface area contributed by atoms with Gasteiger partial charge in [-0.15, -0.1) is 0 Å². The number of aromatic nitrogens is 3. The highest BCUT2D eigenvalue weighted by Crippen LogP contribution is 2.25. The smallest absolute Gasteiger partial charge is 0.282 e. The van der Waals surface area contributed by atoms with Gasteiger partial charge in [0.2, 0.25) is 5.91 Å². The molecular formula is C19H16ClN5O3. The highest BCUT2D eigenvalue weighted by Gasteiger charge is 2.25. The summed E-state index contributed by atoms with van der Waals surface area (Å²) in [6, 6.07) is 10.0. The van der Waals surface area contributed by atoms with Crippen LogP contribution in [0.15, 0.2) is 47.3 Å². The maximum absolute atomic E-state index is 12.5. The molecule has 0 N–H and O–H groups in total. The summed E-state index contributed by atoms with van der Waals surface area (Å²) in [5.41, 5.74) is 1.88. The van der Waals surface area contributed by atoms with Crippen molar-refractivity contribution in [1.29, 1.82) is 5.26 Å². The van der Waals surface area contributed by atoms with E-state index >= 15 is 0 Å². The van der Waals surface area contributed by atoms with E-state index in [0.29, 0.717) is 16.3 Å². The molecule has 9 heteroatoms. The minimum atomic E-state index is -0.528. The molecular weight excluding hydrogens is 382 g/mol. The van der Waals surface area contributed by atoms with Crippen molar-refractivity contribution >= 4 is 23.4 Å². The second kappa shape index (κ2) is 8.06. The number of hydrogen-bond acceptors (Lipinski definition) is 6. The average Bonchev–Trinajstić information content (AvgIpc) is 3.37. The Morgan fingerprint density at radius 2 is 2.14 bits per heavy atom. The van der Waals surface area contributed by atoms with E-state index in [1.165, 1.54) is 19.3 Å². The van der Waals surface area contributed by atoms with E-state index in [9.17, 15) is 9.59 Å². The standard InChI is InChI=1S/C19H16ClN5O3/c1-12(11-24(13(2)26)19(27)18-6-8-28-23-18)25-7-5-17(22-25)14-3-4-15(10-21)16(20)9-14/h3-9,12H,11H2,1-2H3. The molecule has 142 valence electrons. The van der Waals surface area contributed by atoms with Crippen LogP contribution in [0, 0.1) is 11.3 Å². The molecule has 1 atom stereocenters. The van der Waals surface area contributed by atoms with Gasteiger partial charge in [-0.2, -0.15) is 10.4 Å². The Hall–Kier alpha value is -3.44. The molecule has 0 spiro atoms. The first-order valence-corrected chi connectivity index (χ1v) is 8.76. The summed E-state index contributed by atoms with van der Waals surface area (Å²) in [7, 11) is 0. The number of nitriles is 1. The first-order chi connectivity index (χ1) is 13.4. The average molecular weight is 398 g/mol. The summed E-state index contributed by atoms with van der Waals surface area (Å²) in [5, 5.41) is 17.4. The Bertz CT molecular complexity index is 1050. The van der Waals surface area contributed by atoms with Crippen LogP contribution in [-0.4, -0.2) is 38.2 Å². The summed E-state index contributed by atoms with van der Waals surface area (Å²) < 4.78 is 6.34. The number of nitrogens with zero attached hydrogens (tertiary/aromatic N) is 5. The van der Waals surface area contributed by atoms with Crippen molar-refractivity contribution in [2.45, 2.75) is 19.9 Å². The van der Waals surface area contributed by atoms with Gasteiger partial charge in [0.1, 0.15) is 12.3 Å². The van der Waals surface area contributed by atoms with Crippen molar-refractivity contribution in [2.75, 3.05) is 6.54 Å². The van der Waals surface area contributed by atoms with Crippen molar-refractivity contribution in [3.05, 3.63) is 59.1 Å². The number of hydrogen-bond donors (Lipinski definition) is 0. The summed E-state index contributed by atoms with van der Waals surface area (Å²) in [5.74, 6) is -0.926. The number of amides is 2. The molecule has 1 aromatic carbocycles. The van der Waals surface area contributed by atoms with E-state index in [1.807, 2.05) is 13.0 Å². The Morgan fingerprint density at radius 1 is 1.36 bits per heavy atom. The lowest BCUT2D eigenvalue weighted by atomic mass is 10.1. The molecule has 3 aromatic rings. The Morgan fingerprint density at radius 3 is 2.75 bits per heavy atom. The molecule has 0 saturated heterocycles. The van der Waals surface area contributed by atoms with Crippen LogP contribution in [0.5, 0.6) is 0 Å². The van der Waals surface area contributed by atoms with Gasteiger partial charge in [-0.1, -0.05) is 22.8 Å². The highest BCUT2D eigenvalue weighted by atomic mass is 35.5. The van der Waals surface area contributed by atoms with Crippen LogP contribution in [0.25, 0.3) is 11.3 Å². The Labute approximate surface area is 165 Å². The molecule has 0 fully saturated rings. The number of benzene rings is 1. The fourth-order valence-electron chi connectivity index (χ4n) is 2.67. The van der Waals surface area contributed by atoms with E-state index in [0.717, 1.165) is 10.5 Å². The lowest BCUT2D eigenvalue weighted by Crippen LogP contribution is -2.39. The van der Waals surface area contributed by atoms with Crippen molar-refractivity contribution in [2.24, 2.45) is 0 Å². The topological polar surface area (TPSA) is 105 Å². The van der Waals surface area contributed by atoms with Gasteiger partial charge in [-0.05, 0) is 25.1 Å². The molecule has 0 aliphatic rings. The monoisotopic (exact) mass is 397 g/mol. The molecule has 0 bridgehead atoms. The van der Waals surface area contributed by atoms with Gasteiger partial charge in [-0.3, -0.25) is 19.2 Å². The fourth-order valence-corrected chi connectivity index (χ4v) is 2.89. The predicted molar refractivity (Wildman–Crippen MR) is 100 cm³/mol. The van der Waals surface area contributed by atoms with Gasteiger partial charge in [0.25, 0.3) is 5.91 Å². The largest absolute Gasteiger partial charge is 0.364 e. The third-order valence-corrected chi connectivity index (χ3v) is 4.49. The molecule has 1 unspecified atom stereocenters. The highest BCUT2D eigenvalue weighted by molar-refractivity contribution is 6.32. The van der Waals surface area contributed by atoms with E-state index in [1.54, 1.807) is 35.1 Å². The normalized spacial score (nSPS) is 11.6. The molecule has 8 nitrogen and oxygen atoms in total. The van der Waals surface area contributed by atoms with Crippen LogP contribution in [0.3, 0.4) is 0 Å². The lowest BCUT2D eigenvalue weighted by Gasteiger charge is -2.22. The van der Waals surface area contributed by atoms with Gasteiger partial charge in [0, 0.05) is 24.8 Å². The number of carbonyl (C=O) groups is 2. The quantitative estimate of drug-likeness (QED) is 0.654. The van der Waals surface area contributed by atoms with Crippen LogP contribution in [-0.2, 0) is 4.79 Å². The first kappa shape index (κ1) is 19.3. The number of rotatable bonds is 5. The zero-order chi connectivity index (χ0) is 20.3. The second-order valence-corrected chi connectivity index (χ2v) is 6.56. The van der Waals surface area contributed by atoms with Gasteiger partial charge in [0.05, 0.1) is 28.9 Å². The summed E-state index contributed by atoms with van der Waals surface area (Å²) in [6.45, 7) is 3.28.